The van der Waals surface area contributed by atoms with Crippen molar-refractivity contribution in [2.24, 2.45) is 5.73 Å². The maximum Gasteiger partial charge on any atom is 0.257 e. The van der Waals surface area contributed by atoms with E-state index in [9.17, 15) is 14.0 Å². The number of carbonyl (C=O) groups is 2. The Morgan fingerprint density at radius 1 is 1.59 bits per heavy atom. The number of rotatable bonds is 2. The van der Waals surface area contributed by atoms with Crippen LogP contribution in [0.2, 0.25) is 0 Å². The summed E-state index contributed by atoms with van der Waals surface area (Å²) in [5.74, 6) is -0.524. The Hall–Kier alpha value is -1.85. The Balaban J connectivity index is 2.21. The number of amides is 2. The standard InChI is InChI=1S/C11H13FN2O3/c1-6-2-7(5-17-6)11(16)14-4-8(12)3-9(14)10(13)15/h2,5,8-9H,3-4H2,1H3,(H2,13,15)/t8-,9+/m1/s1. The highest BCUT2D eigenvalue weighted by atomic mass is 19.1. The van der Waals surface area contributed by atoms with Gasteiger partial charge in [0.05, 0.1) is 12.1 Å². The maximum absolute atomic E-state index is 13.2. The van der Waals surface area contributed by atoms with Crippen LogP contribution in [0.5, 0.6) is 0 Å². The smallest absolute Gasteiger partial charge is 0.257 e. The van der Waals surface area contributed by atoms with E-state index in [0.717, 1.165) is 4.90 Å². The van der Waals surface area contributed by atoms with E-state index in [1.54, 1.807) is 13.0 Å². The molecule has 92 valence electrons. The van der Waals surface area contributed by atoms with Crippen molar-refractivity contribution in [2.45, 2.75) is 25.6 Å². The van der Waals surface area contributed by atoms with E-state index in [4.69, 9.17) is 10.2 Å². The molecule has 0 aromatic carbocycles. The molecule has 5 nitrogen and oxygen atoms in total. The number of alkyl halides is 1. The van der Waals surface area contributed by atoms with Crippen LogP contribution in [0.25, 0.3) is 0 Å². The van der Waals surface area contributed by atoms with Crippen molar-refractivity contribution in [1.29, 1.82) is 0 Å². The molecule has 0 unspecified atom stereocenters. The van der Waals surface area contributed by atoms with E-state index in [0.29, 0.717) is 11.3 Å². The van der Waals surface area contributed by atoms with E-state index >= 15 is 0 Å². The summed E-state index contributed by atoms with van der Waals surface area (Å²) in [5, 5.41) is 0. The van der Waals surface area contributed by atoms with Gasteiger partial charge in [-0.2, -0.15) is 0 Å². The molecule has 0 radical (unpaired) electrons. The molecule has 1 aromatic heterocycles. The number of carbonyl (C=O) groups excluding carboxylic acids is 2. The molecular formula is C11H13FN2O3. The molecule has 0 aliphatic carbocycles. The molecule has 2 atom stereocenters. The molecule has 2 N–H and O–H groups in total. The number of nitrogens with zero attached hydrogens (tertiary/aromatic N) is 1. The normalized spacial score (nSPS) is 24.0. The van der Waals surface area contributed by atoms with E-state index in [-0.39, 0.29) is 13.0 Å². The quantitative estimate of drug-likeness (QED) is 0.823. The monoisotopic (exact) mass is 240 g/mol. The first-order chi connectivity index (χ1) is 7.99. The second-order valence-electron chi connectivity index (χ2n) is 4.15. The number of nitrogens with two attached hydrogens (primary N) is 1. The lowest BCUT2D eigenvalue weighted by atomic mass is 10.2. The third kappa shape index (κ3) is 2.15. The van der Waals surface area contributed by atoms with Gasteiger partial charge in [0.1, 0.15) is 24.2 Å². The first-order valence-corrected chi connectivity index (χ1v) is 5.28. The first-order valence-electron chi connectivity index (χ1n) is 5.28. The predicted octanol–water partition coefficient (Wildman–Crippen LogP) is 0.626. The molecule has 1 fully saturated rings. The molecule has 17 heavy (non-hydrogen) atoms. The summed E-state index contributed by atoms with van der Waals surface area (Å²) in [6.07, 6.45) is 0.0589. The van der Waals surface area contributed by atoms with Gasteiger partial charge >= 0.3 is 0 Å². The van der Waals surface area contributed by atoms with Gasteiger partial charge in [0, 0.05) is 6.42 Å². The Kier molecular flexibility index (Phi) is 2.87. The third-order valence-corrected chi connectivity index (χ3v) is 2.82. The topological polar surface area (TPSA) is 76.5 Å². The van der Waals surface area contributed by atoms with E-state index < -0.39 is 24.0 Å². The van der Waals surface area contributed by atoms with E-state index in [2.05, 4.69) is 0 Å². The number of primary amides is 1. The number of aryl methyl sites for hydroxylation is 1. The summed E-state index contributed by atoms with van der Waals surface area (Å²) < 4.78 is 18.3. The zero-order chi connectivity index (χ0) is 12.6. The fourth-order valence-corrected chi connectivity index (χ4v) is 2.00. The molecule has 1 aliphatic heterocycles. The van der Waals surface area contributed by atoms with Crippen LogP contribution in [0.3, 0.4) is 0 Å². The summed E-state index contributed by atoms with van der Waals surface area (Å²) in [6, 6.07) is 0.680. The van der Waals surface area contributed by atoms with Gasteiger partial charge in [-0.3, -0.25) is 9.59 Å². The van der Waals surface area contributed by atoms with Gasteiger partial charge in [0.25, 0.3) is 5.91 Å². The van der Waals surface area contributed by atoms with Gasteiger partial charge in [-0.25, -0.2) is 4.39 Å². The minimum Gasteiger partial charge on any atom is -0.469 e. The highest BCUT2D eigenvalue weighted by Crippen LogP contribution is 2.23. The highest BCUT2D eigenvalue weighted by Gasteiger charge is 2.39. The molecule has 2 heterocycles. The molecule has 1 aliphatic rings. The van der Waals surface area contributed by atoms with Crippen LogP contribution >= 0.6 is 0 Å². The molecule has 0 saturated carbocycles. The molecule has 6 heteroatoms. The predicted molar refractivity (Wildman–Crippen MR) is 57.0 cm³/mol. The van der Waals surface area contributed by atoms with Crippen molar-refractivity contribution in [3.8, 4) is 0 Å². The van der Waals surface area contributed by atoms with E-state index in [1.165, 1.54) is 6.26 Å². The summed E-state index contributed by atoms with van der Waals surface area (Å²) in [7, 11) is 0. The average Bonchev–Trinajstić information content (AvgIpc) is 2.83. The highest BCUT2D eigenvalue weighted by molar-refractivity contribution is 5.97. The van der Waals surface area contributed by atoms with Crippen molar-refractivity contribution in [1.82, 2.24) is 4.90 Å². The lowest BCUT2D eigenvalue weighted by Gasteiger charge is -2.20. The number of hydrogen-bond acceptors (Lipinski definition) is 3. The fraction of sp³-hybridized carbons (Fsp3) is 0.455. The van der Waals surface area contributed by atoms with Crippen molar-refractivity contribution in [3.05, 3.63) is 23.7 Å². The van der Waals surface area contributed by atoms with Crippen LogP contribution in [0, 0.1) is 6.92 Å². The van der Waals surface area contributed by atoms with Gasteiger partial charge in [0.15, 0.2) is 0 Å². The van der Waals surface area contributed by atoms with Gasteiger partial charge in [-0.05, 0) is 13.0 Å². The molecule has 2 amide bonds. The number of likely N-dealkylation sites (tertiary alicyclic amines) is 1. The summed E-state index contributed by atoms with van der Waals surface area (Å²) in [4.78, 5) is 24.3. The number of hydrogen-bond donors (Lipinski definition) is 1. The lowest BCUT2D eigenvalue weighted by molar-refractivity contribution is -0.121. The maximum atomic E-state index is 13.2. The molecule has 0 spiro atoms. The van der Waals surface area contributed by atoms with Gasteiger partial charge in [-0.1, -0.05) is 0 Å². The largest absolute Gasteiger partial charge is 0.469 e. The van der Waals surface area contributed by atoms with Crippen LogP contribution in [0.15, 0.2) is 16.7 Å². The molecule has 1 saturated heterocycles. The number of halogens is 1. The molecule has 2 rings (SSSR count). The second kappa shape index (κ2) is 4.20. The molecule has 0 bridgehead atoms. The summed E-state index contributed by atoms with van der Waals surface area (Å²) in [6.45, 7) is 1.60. The Labute approximate surface area is 97.4 Å². The van der Waals surface area contributed by atoms with Crippen molar-refractivity contribution in [3.63, 3.8) is 0 Å². The van der Waals surface area contributed by atoms with Crippen molar-refractivity contribution >= 4 is 11.8 Å². The average molecular weight is 240 g/mol. The summed E-state index contributed by atoms with van der Waals surface area (Å²) in [5.41, 5.74) is 5.46. The summed E-state index contributed by atoms with van der Waals surface area (Å²) >= 11 is 0. The van der Waals surface area contributed by atoms with Gasteiger partial charge < -0.3 is 15.1 Å². The van der Waals surface area contributed by atoms with Crippen LogP contribution in [-0.2, 0) is 4.79 Å². The first kappa shape index (κ1) is 11.6. The van der Waals surface area contributed by atoms with Gasteiger partial charge in [-0.15, -0.1) is 0 Å². The van der Waals surface area contributed by atoms with E-state index in [1.807, 2.05) is 0 Å². The Morgan fingerprint density at radius 3 is 2.82 bits per heavy atom. The van der Waals surface area contributed by atoms with Crippen LogP contribution in [-0.4, -0.2) is 35.5 Å². The molecular weight excluding hydrogens is 227 g/mol. The second-order valence-corrected chi connectivity index (χ2v) is 4.15. The number of furan rings is 1. The zero-order valence-electron chi connectivity index (χ0n) is 9.35. The SMILES string of the molecule is Cc1cc(C(=O)N2C[C@H](F)C[C@H]2C(N)=O)co1. The minimum absolute atomic E-state index is 0.0299. The van der Waals surface area contributed by atoms with Crippen LogP contribution < -0.4 is 5.73 Å². The zero-order valence-corrected chi connectivity index (χ0v) is 9.35. The van der Waals surface area contributed by atoms with Gasteiger partial charge in [0.2, 0.25) is 5.91 Å². The third-order valence-electron chi connectivity index (χ3n) is 2.82. The minimum atomic E-state index is -1.20. The van der Waals surface area contributed by atoms with Crippen molar-refractivity contribution in [2.75, 3.05) is 6.54 Å². The molecule has 1 aromatic rings. The Bertz CT molecular complexity index is 457. The fourth-order valence-electron chi connectivity index (χ4n) is 2.00. The van der Waals surface area contributed by atoms with Crippen LogP contribution in [0.1, 0.15) is 22.5 Å². The Morgan fingerprint density at radius 2 is 2.29 bits per heavy atom. The van der Waals surface area contributed by atoms with Crippen LogP contribution in [0.4, 0.5) is 4.39 Å². The van der Waals surface area contributed by atoms with Crippen molar-refractivity contribution < 1.29 is 18.4 Å². The lowest BCUT2D eigenvalue weighted by Crippen LogP contribution is -2.43.